The van der Waals surface area contributed by atoms with Crippen molar-refractivity contribution in [2.24, 2.45) is 0 Å². The van der Waals surface area contributed by atoms with Crippen LogP contribution in [-0.4, -0.2) is 30.6 Å². The Balaban J connectivity index is 1.84. The topological polar surface area (TPSA) is 39.1 Å². The van der Waals surface area contributed by atoms with E-state index in [2.05, 4.69) is 30.1 Å². The summed E-state index contributed by atoms with van der Waals surface area (Å²) in [5, 5.41) is 12.4. The van der Waals surface area contributed by atoms with E-state index in [0.717, 1.165) is 12.1 Å². The van der Waals surface area contributed by atoms with Crippen molar-refractivity contribution in [2.75, 3.05) is 19.6 Å². The van der Waals surface area contributed by atoms with Gasteiger partial charge in [0.1, 0.15) is 0 Å². The standard InChI is InChI=1S/C16H23N3/c1-13(12-19-9-3-4-10-19)18-14(2)16-7-5-15(11-17)6-8-16/h5-8,13-14,18H,3-4,9-10,12H2,1-2H3. The normalized spacial score (nSPS) is 19.0. The third-order valence-corrected chi connectivity index (χ3v) is 3.81. The number of hydrogen-bond donors (Lipinski definition) is 1. The smallest absolute Gasteiger partial charge is 0.0991 e. The van der Waals surface area contributed by atoms with Gasteiger partial charge in [-0.15, -0.1) is 0 Å². The molecule has 1 aliphatic heterocycles. The van der Waals surface area contributed by atoms with E-state index in [1.165, 1.54) is 31.5 Å². The molecule has 2 rings (SSSR count). The highest BCUT2D eigenvalue weighted by atomic mass is 15.2. The second kappa shape index (κ2) is 6.70. The third-order valence-electron chi connectivity index (χ3n) is 3.81. The monoisotopic (exact) mass is 257 g/mol. The van der Waals surface area contributed by atoms with Crippen LogP contribution >= 0.6 is 0 Å². The molecule has 1 aliphatic rings. The fourth-order valence-corrected chi connectivity index (χ4v) is 2.77. The molecule has 19 heavy (non-hydrogen) atoms. The first-order valence-corrected chi connectivity index (χ1v) is 7.17. The summed E-state index contributed by atoms with van der Waals surface area (Å²) in [5.74, 6) is 0. The minimum Gasteiger partial charge on any atom is -0.306 e. The Morgan fingerprint density at radius 2 is 1.84 bits per heavy atom. The summed E-state index contributed by atoms with van der Waals surface area (Å²) >= 11 is 0. The molecule has 1 saturated heterocycles. The van der Waals surface area contributed by atoms with Crippen molar-refractivity contribution in [3.8, 4) is 6.07 Å². The molecule has 102 valence electrons. The van der Waals surface area contributed by atoms with Gasteiger partial charge < -0.3 is 10.2 Å². The summed E-state index contributed by atoms with van der Waals surface area (Å²) < 4.78 is 0. The van der Waals surface area contributed by atoms with Gasteiger partial charge in [0.25, 0.3) is 0 Å². The Kier molecular flexibility index (Phi) is 4.95. The zero-order chi connectivity index (χ0) is 13.7. The van der Waals surface area contributed by atoms with E-state index in [0.29, 0.717) is 12.1 Å². The maximum atomic E-state index is 8.80. The van der Waals surface area contributed by atoms with Crippen molar-refractivity contribution in [1.29, 1.82) is 5.26 Å². The molecule has 0 aliphatic carbocycles. The van der Waals surface area contributed by atoms with Crippen LogP contribution in [0.5, 0.6) is 0 Å². The average Bonchev–Trinajstić information content (AvgIpc) is 2.91. The summed E-state index contributed by atoms with van der Waals surface area (Å²) in [7, 11) is 0. The van der Waals surface area contributed by atoms with E-state index in [4.69, 9.17) is 5.26 Å². The number of nitriles is 1. The van der Waals surface area contributed by atoms with Gasteiger partial charge in [0, 0.05) is 18.6 Å². The molecular weight excluding hydrogens is 234 g/mol. The van der Waals surface area contributed by atoms with Crippen molar-refractivity contribution in [1.82, 2.24) is 10.2 Å². The molecule has 1 fully saturated rings. The summed E-state index contributed by atoms with van der Waals surface area (Å²) in [6.45, 7) is 8.05. The largest absolute Gasteiger partial charge is 0.306 e. The molecule has 0 amide bonds. The molecule has 0 bridgehead atoms. The van der Waals surface area contributed by atoms with Crippen LogP contribution in [0.1, 0.15) is 43.9 Å². The molecule has 0 radical (unpaired) electrons. The summed E-state index contributed by atoms with van der Waals surface area (Å²) in [5.41, 5.74) is 1.97. The van der Waals surface area contributed by atoms with E-state index >= 15 is 0 Å². The molecular formula is C16H23N3. The summed E-state index contributed by atoms with van der Waals surface area (Å²) in [6, 6.07) is 10.8. The summed E-state index contributed by atoms with van der Waals surface area (Å²) in [6.07, 6.45) is 2.69. The highest BCUT2D eigenvalue weighted by Gasteiger charge is 2.16. The lowest BCUT2D eigenvalue weighted by molar-refractivity contribution is 0.289. The van der Waals surface area contributed by atoms with Crippen LogP contribution in [0.3, 0.4) is 0 Å². The van der Waals surface area contributed by atoms with Crippen LogP contribution in [0.15, 0.2) is 24.3 Å². The fraction of sp³-hybridized carbons (Fsp3) is 0.562. The molecule has 2 atom stereocenters. The van der Waals surface area contributed by atoms with Crippen molar-refractivity contribution >= 4 is 0 Å². The predicted octanol–water partition coefficient (Wildman–Crippen LogP) is 2.69. The highest BCUT2D eigenvalue weighted by molar-refractivity contribution is 5.32. The van der Waals surface area contributed by atoms with Gasteiger partial charge in [-0.3, -0.25) is 0 Å². The number of nitrogens with one attached hydrogen (secondary N) is 1. The van der Waals surface area contributed by atoms with Crippen molar-refractivity contribution in [3.05, 3.63) is 35.4 Å². The van der Waals surface area contributed by atoms with Gasteiger partial charge in [-0.1, -0.05) is 12.1 Å². The Morgan fingerprint density at radius 1 is 1.21 bits per heavy atom. The molecule has 3 nitrogen and oxygen atoms in total. The SMILES string of the molecule is CC(CN1CCCC1)NC(C)c1ccc(C#N)cc1. The molecule has 1 aromatic rings. The van der Waals surface area contributed by atoms with E-state index < -0.39 is 0 Å². The van der Waals surface area contributed by atoms with Gasteiger partial charge >= 0.3 is 0 Å². The molecule has 3 heteroatoms. The maximum Gasteiger partial charge on any atom is 0.0991 e. The first-order valence-electron chi connectivity index (χ1n) is 7.17. The van der Waals surface area contributed by atoms with Crippen molar-refractivity contribution in [2.45, 2.75) is 38.8 Å². The minimum absolute atomic E-state index is 0.324. The number of likely N-dealkylation sites (tertiary alicyclic amines) is 1. The molecule has 1 heterocycles. The minimum atomic E-state index is 0.324. The lowest BCUT2D eigenvalue weighted by Gasteiger charge is -2.25. The van der Waals surface area contributed by atoms with Crippen LogP contribution in [0, 0.1) is 11.3 Å². The van der Waals surface area contributed by atoms with Gasteiger partial charge in [0.2, 0.25) is 0 Å². The van der Waals surface area contributed by atoms with Crippen LogP contribution in [0.4, 0.5) is 0 Å². The Hall–Kier alpha value is -1.37. The number of nitrogens with zero attached hydrogens (tertiary/aromatic N) is 2. The number of benzene rings is 1. The number of rotatable bonds is 5. The molecule has 2 unspecified atom stereocenters. The first-order chi connectivity index (χ1) is 9.19. The Bertz CT molecular complexity index is 426. The van der Waals surface area contributed by atoms with E-state index in [-0.39, 0.29) is 0 Å². The quantitative estimate of drug-likeness (QED) is 0.881. The van der Waals surface area contributed by atoms with Gasteiger partial charge in [0.15, 0.2) is 0 Å². The molecule has 0 spiro atoms. The molecule has 1 N–H and O–H groups in total. The molecule has 0 aromatic heterocycles. The van der Waals surface area contributed by atoms with E-state index in [1.807, 2.05) is 24.3 Å². The lowest BCUT2D eigenvalue weighted by atomic mass is 10.1. The highest BCUT2D eigenvalue weighted by Crippen LogP contribution is 2.15. The van der Waals surface area contributed by atoms with Crippen molar-refractivity contribution < 1.29 is 0 Å². The lowest BCUT2D eigenvalue weighted by Crippen LogP contribution is -2.39. The third kappa shape index (κ3) is 4.05. The zero-order valence-corrected chi connectivity index (χ0v) is 11.9. The second-order valence-corrected chi connectivity index (χ2v) is 5.53. The van der Waals surface area contributed by atoms with E-state index in [9.17, 15) is 0 Å². The summed E-state index contributed by atoms with van der Waals surface area (Å²) in [4.78, 5) is 2.53. The zero-order valence-electron chi connectivity index (χ0n) is 11.9. The van der Waals surface area contributed by atoms with Gasteiger partial charge in [-0.25, -0.2) is 0 Å². The van der Waals surface area contributed by atoms with Gasteiger partial charge in [-0.05, 0) is 57.5 Å². The predicted molar refractivity (Wildman–Crippen MR) is 77.8 cm³/mol. The van der Waals surface area contributed by atoms with E-state index in [1.54, 1.807) is 0 Å². The van der Waals surface area contributed by atoms with Crippen LogP contribution < -0.4 is 5.32 Å². The van der Waals surface area contributed by atoms with Gasteiger partial charge in [-0.2, -0.15) is 5.26 Å². The second-order valence-electron chi connectivity index (χ2n) is 5.53. The van der Waals surface area contributed by atoms with Gasteiger partial charge in [0.05, 0.1) is 11.6 Å². The van der Waals surface area contributed by atoms with Crippen LogP contribution in [0.25, 0.3) is 0 Å². The fourth-order valence-electron chi connectivity index (χ4n) is 2.77. The molecule has 1 aromatic carbocycles. The van der Waals surface area contributed by atoms with Crippen LogP contribution in [-0.2, 0) is 0 Å². The number of hydrogen-bond acceptors (Lipinski definition) is 3. The first kappa shape index (κ1) is 14.0. The molecule has 0 saturated carbocycles. The average molecular weight is 257 g/mol. The van der Waals surface area contributed by atoms with Crippen LogP contribution in [0.2, 0.25) is 0 Å². The Labute approximate surface area is 116 Å². The maximum absolute atomic E-state index is 8.80. The van der Waals surface area contributed by atoms with Crippen molar-refractivity contribution in [3.63, 3.8) is 0 Å². The Morgan fingerprint density at radius 3 is 2.42 bits per heavy atom.